The fourth-order valence-corrected chi connectivity index (χ4v) is 1.51. The van der Waals surface area contributed by atoms with Gasteiger partial charge in [-0.3, -0.25) is 4.79 Å². The molecule has 1 heterocycles. The highest BCUT2D eigenvalue weighted by molar-refractivity contribution is 5.31. The van der Waals surface area contributed by atoms with E-state index < -0.39 is 5.82 Å². The molecular weight excluding hydrogens is 219 g/mol. The molecule has 0 saturated heterocycles. The van der Waals surface area contributed by atoms with Crippen molar-refractivity contribution in [2.75, 3.05) is 0 Å². The molecule has 0 unspecified atom stereocenters. The summed E-state index contributed by atoms with van der Waals surface area (Å²) in [6.07, 6.45) is 1.17. The summed E-state index contributed by atoms with van der Waals surface area (Å²) in [5.41, 5.74) is 1.15. The van der Waals surface area contributed by atoms with Crippen molar-refractivity contribution in [2.24, 2.45) is 0 Å². The van der Waals surface area contributed by atoms with Crippen molar-refractivity contribution in [2.45, 2.75) is 6.54 Å². The van der Waals surface area contributed by atoms with Gasteiger partial charge in [0.2, 0.25) is 0 Å². The summed E-state index contributed by atoms with van der Waals surface area (Å²) in [7, 11) is 0. The number of halogens is 1. The van der Waals surface area contributed by atoms with Gasteiger partial charge >= 0.3 is 0 Å². The van der Waals surface area contributed by atoms with Gasteiger partial charge in [-0.1, -0.05) is 12.1 Å². The molecular formula is C13H9FN2O. The summed E-state index contributed by atoms with van der Waals surface area (Å²) in [5.74, 6) is -0.446. The van der Waals surface area contributed by atoms with Crippen LogP contribution in [-0.2, 0) is 6.54 Å². The van der Waals surface area contributed by atoms with E-state index in [1.807, 2.05) is 6.07 Å². The van der Waals surface area contributed by atoms with Crippen LogP contribution in [0.5, 0.6) is 0 Å². The van der Waals surface area contributed by atoms with E-state index in [1.165, 1.54) is 16.8 Å². The molecule has 1 aromatic carbocycles. The molecule has 0 atom stereocenters. The first-order chi connectivity index (χ1) is 8.19. The predicted octanol–water partition coefficient (Wildman–Crippen LogP) is 1.91. The van der Waals surface area contributed by atoms with E-state index in [0.717, 1.165) is 11.6 Å². The van der Waals surface area contributed by atoms with Crippen LogP contribution in [0.3, 0.4) is 0 Å². The van der Waals surface area contributed by atoms with Crippen molar-refractivity contribution in [1.29, 1.82) is 5.26 Å². The molecule has 1 aromatic heterocycles. The van der Waals surface area contributed by atoms with Crippen LogP contribution in [0, 0.1) is 17.1 Å². The molecule has 0 fully saturated rings. The standard InChI is InChI=1S/C13H9FN2O/c14-12-5-6-13(17)16(9-12)8-11-3-1-10(7-15)2-4-11/h1-6,9H,8H2. The quantitative estimate of drug-likeness (QED) is 0.788. The molecule has 0 aliphatic carbocycles. The Kier molecular flexibility index (Phi) is 3.01. The van der Waals surface area contributed by atoms with Gasteiger partial charge in [-0.2, -0.15) is 5.26 Å². The first-order valence-electron chi connectivity index (χ1n) is 5.04. The van der Waals surface area contributed by atoms with E-state index in [9.17, 15) is 9.18 Å². The number of benzene rings is 1. The van der Waals surface area contributed by atoms with Crippen LogP contribution in [-0.4, -0.2) is 4.57 Å². The third kappa shape index (κ3) is 2.58. The van der Waals surface area contributed by atoms with Crippen LogP contribution in [0.1, 0.15) is 11.1 Å². The van der Waals surface area contributed by atoms with E-state index in [4.69, 9.17) is 5.26 Å². The minimum Gasteiger partial charge on any atom is -0.308 e. The second kappa shape index (κ2) is 4.62. The second-order valence-corrected chi connectivity index (χ2v) is 3.62. The molecule has 0 bridgehead atoms. The molecule has 0 radical (unpaired) electrons. The lowest BCUT2D eigenvalue weighted by molar-refractivity contribution is 0.595. The average molecular weight is 228 g/mol. The Bertz CT molecular complexity index is 623. The zero-order chi connectivity index (χ0) is 12.3. The van der Waals surface area contributed by atoms with Crippen LogP contribution in [0.4, 0.5) is 4.39 Å². The number of nitriles is 1. The van der Waals surface area contributed by atoms with Crippen LogP contribution < -0.4 is 5.56 Å². The predicted molar refractivity (Wildman–Crippen MR) is 60.9 cm³/mol. The number of nitrogens with zero attached hydrogens (tertiary/aromatic N) is 2. The van der Waals surface area contributed by atoms with Gasteiger partial charge in [0, 0.05) is 12.3 Å². The number of hydrogen-bond donors (Lipinski definition) is 0. The summed E-state index contributed by atoms with van der Waals surface area (Å²) in [5, 5.41) is 8.64. The summed E-state index contributed by atoms with van der Waals surface area (Å²) in [6.45, 7) is 0.294. The molecule has 0 amide bonds. The lowest BCUT2D eigenvalue weighted by atomic mass is 10.1. The highest BCUT2D eigenvalue weighted by atomic mass is 19.1. The Labute approximate surface area is 97.4 Å². The van der Waals surface area contributed by atoms with Gasteiger partial charge in [0.25, 0.3) is 5.56 Å². The van der Waals surface area contributed by atoms with E-state index in [2.05, 4.69) is 0 Å². The fraction of sp³-hybridized carbons (Fsp3) is 0.0769. The van der Waals surface area contributed by atoms with E-state index >= 15 is 0 Å². The molecule has 0 saturated carbocycles. The molecule has 84 valence electrons. The maximum absolute atomic E-state index is 13.0. The second-order valence-electron chi connectivity index (χ2n) is 3.62. The number of pyridine rings is 1. The summed E-state index contributed by atoms with van der Waals surface area (Å²) >= 11 is 0. The van der Waals surface area contributed by atoms with Gasteiger partial charge in [0.15, 0.2) is 0 Å². The zero-order valence-corrected chi connectivity index (χ0v) is 8.93. The molecule has 0 aliphatic heterocycles. The van der Waals surface area contributed by atoms with Crippen molar-refractivity contribution in [3.8, 4) is 6.07 Å². The molecule has 2 aromatic rings. The lowest BCUT2D eigenvalue weighted by Crippen LogP contribution is -2.19. The first kappa shape index (κ1) is 11.1. The average Bonchev–Trinajstić information content (AvgIpc) is 2.35. The highest BCUT2D eigenvalue weighted by Gasteiger charge is 2.00. The minimum absolute atomic E-state index is 0.254. The van der Waals surface area contributed by atoms with Crippen molar-refractivity contribution in [3.05, 3.63) is 69.9 Å². The number of hydrogen-bond acceptors (Lipinski definition) is 2. The Balaban J connectivity index is 2.28. The Hall–Kier alpha value is -2.41. The smallest absolute Gasteiger partial charge is 0.251 e. The fourth-order valence-electron chi connectivity index (χ4n) is 1.51. The molecule has 3 nitrogen and oxygen atoms in total. The SMILES string of the molecule is N#Cc1ccc(Cn2cc(F)ccc2=O)cc1. The van der Waals surface area contributed by atoms with Gasteiger partial charge in [0.1, 0.15) is 5.82 Å². The van der Waals surface area contributed by atoms with Crippen LogP contribution in [0.15, 0.2) is 47.4 Å². The van der Waals surface area contributed by atoms with Crippen LogP contribution in [0.25, 0.3) is 0 Å². The normalized spacial score (nSPS) is 9.88. The van der Waals surface area contributed by atoms with Crippen LogP contribution >= 0.6 is 0 Å². The van der Waals surface area contributed by atoms with Crippen molar-refractivity contribution in [3.63, 3.8) is 0 Å². The molecule has 4 heteroatoms. The molecule has 0 aliphatic rings. The maximum atomic E-state index is 13.0. The summed E-state index contributed by atoms with van der Waals surface area (Å²) in [6, 6.07) is 11.2. The Morgan fingerprint density at radius 1 is 1.18 bits per heavy atom. The van der Waals surface area contributed by atoms with Crippen LogP contribution in [0.2, 0.25) is 0 Å². The Morgan fingerprint density at radius 3 is 2.53 bits per heavy atom. The minimum atomic E-state index is -0.446. The third-order valence-corrected chi connectivity index (χ3v) is 2.38. The van der Waals surface area contributed by atoms with Gasteiger partial charge in [-0.25, -0.2) is 4.39 Å². The van der Waals surface area contributed by atoms with Gasteiger partial charge in [-0.15, -0.1) is 0 Å². The topological polar surface area (TPSA) is 45.8 Å². The van der Waals surface area contributed by atoms with E-state index in [0.29, 0.717) is 12.1 Å². The highest BCUT2D eigenvalue weighted by Crippen LogP contribution is 2.05. The molecule has 2 rings (SSSR count). The largest absolute Gasteiger partial charge is 0.308 e. The maximum Gasteiger partial charge on any atom is 0.251 e. The van der Waals surface area contributed by atoms with Gasteiger partial charge < -0.3 is 4.57 Å². The van der Waals surface area contributed by atoms with Crippen molar-refractivity contribution < 1.29 is 4.39 Å². The Morgan fingerprint density at radius 2 is 1.88 bits per heavy atom. The number of aromatic nitrogens is 1. The summed E-state index contributed by atoms with van der Waals surface area (Å²) < 4.78 is 14.3. The summed E-state index contributed by atoms with van der Waals surface area (Å²) in [4.78, 5) is 11.4. The molecule has 17 heavy (non-hydrogen) atoms. The van der Waals surface area contributed by atoms with Crippen molar-refractivity contribution >= 4 is 0 Å². The van der Waals surface area contributed by atoms with E-state index in [-0.39, 0.29) is 5.56 Å². The monoisotopic (exact) mass is 228 g/mol. The first-order valence-corrected chi connectivity index (χ1v) is 5.04. The molecule has 0 spiro atoms. The van der Waals surface area contributed by atoms with Gasteiger partial charge in [0.05, 0.1) is 18.2 Å². The van der Waals surface area contributed by atoms with Crippen molar-refractivity contribution in [1.82, 2.24) is 4.57 Å². The zero-order valence-electron chi connectivity index (χ0n) is 8.93. The van der Waals surface area contributed by atoms with Gasteiger partial charge in [-0.05, 0) is 23.8 Å². The number of rotatable bonds is 2. The molecule has 0 N–H and O–H groups in total. The third-order valence-electron chi connectivity index (χ3n) is 2.38. The van der Waals surface area contributed by atoms with E-state index in [1.54, 1.807) is 24.3 Å². The lowest BCUT2D eigenvalue weighted by Gasteiger charge is -2.05.